The number of carbonyl (C=O) groups is 2. The molecule has 34 heavy (non-hydrogen) atoms. The highest BCUT2D eigenvalue weighted by Crippen LogP contribution is 2.37. The summed E-state index contributed by atoms with van der Waals surface area (Å²) < 4.78 is 24.2. The molecule has 1 atom stereocenters. The molecule has 0 unspecified atom stereocenters. The van der Waals surface area contributed by atoms with Gasteiger partial charge >= 0.3 is 0 Å². The molecule has 1 heterocycles. The van der Waals surface area contributed by atoms with E-state index in [0.717, 1.165) is 36.8 Å². The molecule has 1 aliphatic heterocycles. The van der Waals surface area contributed by atoms with Crippen molar-refractivity contribution in [1.82, 2.24) is 9.91 Å². The molecule has 2 aliphatic rings. The Morgan fingerprint density at radius 3 is 2.38 bits per heavy atom. The lowest BCUT2D eigenvalue weighted by Crippen LogP contribution is -2.41. The van der Waals surface area contributed by atoms with Crippen LogP contribution in [0.4, 0.5) is 4.39 Å². The molecule has 2 amide bonds. The van der Waals surface area contributed by atoms with Gasteiger partial charge in [-0.15, -0.1) is 0 Å². The van der Waals surface area contributed by atoms with E-state index in [2.05, 4.69) is 5.10 Å². The molecule has 2 aromatic rings. The molecule has 0 bridgehead atoms. The van der Waals surface area contributed by atoms with Crippen LogP contribution in [-0.4, -0.2) is 55.2 Å². The first-order valence-corrected chi connectivity index (χ1v) is 11.5. The summed E-state index contributed by atoms with van der Waals surface area (Å²) in [5, 5.41) is 6.06. The fourth-order valence-corrected chi connectivity index (χ4v) is 4.71. The minimum atomic E-state index is -0.387. The van der Waals surface area contributed by atoms with Gasteiger partial charge in [0.15, 0.2) is 11.5 Å². The fraction of sp³-hybridized carbons (Fsp3) is 0.423. The third-order valence-corrected chi connectivity index (χ3v) is 6.59. The molecular formula is C26H30FN3O4. The van der Waals surface area contributed by atoms with E-state index in [1.54, 1.807) is 39.5 Å². The third-order valence-electron chi connectivity index (χ3n) is 6.59. The molecule has 0 N–H and O–H groups in total. The average molecular weight is 468 g/mol. The number of amides is 2. The number of carbonyl (C=O) groups excluding carboxylic acids is 2. The van der Waals surface area contributed by atoms with E-state index in [9.17, 15) is 14.0 Å². The molecule has 8 heteroatoms. The van der Waals surface area contributed by atoms with Gasteiger partial charge in [-0.25, -0.2) is 9.40 Å². The van der Waals surface area contributed by atoms with Gasteiger partial charge in [-0.1, -0.05) is 31.0 Å². The van der Waals surface area contributed by atoms with Crippen molar-refractivity contribution in [1.29, 1.82) is 0 Å². The number of nitrogens with zero attached hydrogens (tertiary/aromatic N) is 3. The Balaban J connectivity index is 1.61. The number of rotatable bonds is 7. The van der Waals surface area contributed by atoms with Crippen LogP contribution < -0.4 is 9.47 Å². The van der Waals surface area contributed by atoms with Crippen LogP contribution in [0.3, 0.4) is 0 Å². The number of likely N-dealkylation sites (N-methyl/N-ethyl adjacent to an activating group) is 1. The van der Waals surface area contributed by atoms with Gasteiger partial charge in [-0.05, 0) is 48.2 Å². The lowest BCUT2D eigenvalue weighted by Gasteiger charge is -2.26. The Morgan fingerprint density at radius 1 is 1.06 bits per heavy atom. The number of ether oxygens (including phenoxy) is 2. The Hall–Kier alpha value is -3.42. The van der Waals surface area contributed by atoms with Crippen LogP contribution >= 0.6 is 0 Å². The van der Waals surface area contributed by atoms with Gasteiger partial charge < -0.3 is 14.4 Å². The Kier molecular flexibility index (Phi) is 7.14. The third kappa shape index (κ3) is 4.90. The second-order valence-electron chi connectivity index (χ2n) is 8.80. The maximum Gasteiger partial charge on any atom is 0.262 e. The van der Waals surface area contributed by atoms with Gasteiger partial charge in [0.25, 0.3) is 5.91 Å². The zero-order valence-electron chi connectivity index (χ0n) is 19.8. The molecule has 1 fully saturated rings. The van der Waals surface area contributed by atoms with Gasteiger partial charge in [-0.3, -0.25) is 9.59 Å². The van der Waals surface area contributed by atoms with Gasteiger partial charge in [0.2, 0.25) is 5.91 Å². The molecule has 1 aliphatic carbocycles. The summed E-state index contributed by atoms with van der Waals surface area (Å²) in [6.45, 7) is -0.0562. The predicted octanol–water partition coefficient (Wildman–Crippen LogP) is 4.17. The molecule has 180 valence electrons. The van der Waals surface area contributed by atoms with Crippen LogP contribution in [0.5, 0.6) is 11.5 Å². The molecule has 2 aromatic carbocycles. The molecule has 0 radical (unpaired) electrons. The summed E-state index contributed by atoms with van der Waals surface area (Å²) in [6, 6.07) is 11.2. The van der Waals surface area contributed by atoms with Gasteiger partial charge in [0.05, 0.1) is 26.0 Å². The van der Waals surface area contributed by atoms with Crippen LogP contribution in [-0.2, 0) is 9.59 Å². The number of hydrazone groups is 1. The van der Waals surface area contributed by atoms with Crippen molar-refractivity contribution in [3.05, 3.63) is 59.4 Å². The summed E-state index contributed by atoms with van der Waals surface area (Å²) in [5.41, 5.74) is 2.26. The highest BCUT2D eigenvalue weighted by molar-refractivity contribution is 6.03. The quantitative estimate of drug-likeness (QED) is 0.613. The zero-order valence-corrected chi connectivity index (χ0v) is 19.8. The Bertz CT molecular complexity index is 1080. The van der Waals surface area contributed by atoms with Crippen molar-refractivity contribution < 1.29 is 23.5 Å². The topological polar surface area (TPSA) is 71.4 Å². The van der Waals surface area contributed by atoms with Gasteiger partial charge in [-0.2, -0.15) is 5.10 Å². The number of methoxy groups -OCH3 is 2. The van der Waals surface area contributed by atoms with Gasteiger partial charge in [0, 0.05) is 19.4 Å². The smallest absolute Gasteiger partial charge is 0.262 e. The highest BCUT2D eigenvalue weighted by atomic mass is 19.1. The Morgan fingerprint density at radius 2 is 1.74 bits per heavy atom. The first-order valence-electron chi connectivity index (χ1n) is 11.5. The standard InChI is InChI=1S/C26H30FN3O4/c1-29(26(32)18-6-4-5-7-18)16-25(31)30-22(19-10-13-23(33-2)24(14-19)34-3)15-21(28-30)17-8-11-20(27)12-9-17/h8-14,18,22H,4-7,15-16H2,1-3H3/t22-/m0/s1. The second kappa shape index (κ2) is 10.2. The molecule has 0 saturated heterocycles. The lowest BCUT2D eigenvalue weighted by atomic mass is 9.98. The largest absolute Gasteiger partial charge is 0.493 e. The maximum absolute atomic E-state index is 13.5. The van der Waals surface area contributed by atoms with Crippen LogP contribution in [0.25, 0.3) is 0 Å². The Labute approximate surface area is 199 Å². The lowest BCUT2D eigenvalue weighted by molar-refractivity contribution is -0.142. The minimum Gasteiger partial charge on any atom is -0.493 e. The van der Waals surface area contributed by atoms with E-state index in [4.69, 9.17) is 9.47 Å². The first kappa shape index (κ1) is 23.7. The molecule has 7 nitrogen and oxygen atoms in total. The summed E-state index contributed by atoms with van der Waals surface area (Å²) in [7, 11) is 4.80. The molecule has 0 spiro atoms. The minimum absolute atomic E-state index is 0.00342. The maximum atomic E-state index is 13.5. The van der Waals surface area contributed by atoms with E-state index in [1.165, 1.54) is 22.0 Å². The summed E-state index contributed by atoms with van der Waals surface area (Å²) in [4.78, 5) is 27.7. The monoisotopic (exact) mass is 467 g/mol. The van der Waals surface area contributed by atoms with E-state index >= 15 is 0 Å². The number of hydrogen-bond donors (Lipinski definition) is 0. The number of benzene rings is 2. The molecule has 0 aromatic heterocycles. The molecule has 4 rings (SSSR count). The van der Waals surface area contributed by atoms with Crippen molar-refractivity contribution >= 4 is 17.5 Å². The molecular weight excluding hydrogens is 437 g/mol. The van der Waals surface area contributed by atoms with Crippen molar-refractivity contribution in [3.8, 4) is 11.5 Å². The number of hydrogen-bond acceptors (Lipinski definition) is 5. The normalized spacial score (nSPS) is 18.1. The fourth-order valence-electron chi connectivity index (χ4n) is 4.71. The average Bonchev–Trinajstić information content (AvgIpc) is 3.54. The van der Waals surface area contributed by atoms with Crippen LogP contribution in [0.2, 0.25) is 0 Å². The molecule has 1 saturated carbocycles. The highest BCUT2D eigenvalue weighted by Gasteiger charge is 2.35. The van der Waals surface area contributed by atoms with Gasteiger partial charge in [0.1, 0.15) is 12.4 Å². The SMILES string of the molecule is COc1ccc([C@@H]2CC(c3ccc(F)cc3)=NN2C(=O)CN(C)C(=O)C2CCCC2)cc1OC. The predicted molar refractivity (Wildman–Crippen MR) is 126 cm³/mol. The van der Waals surface area contributed by atoms with Crippen molar-refractivity contribution in [2.24, 2.45) is 11.0 Å². The summed E-state index contributed by atoms with van der Waals surface area (Å²) in [6.07, 6.45) is 4.31. The van der Waals surface area contributed by atoms with Crippen LogP contribution in [0, 0.1) is 11.7 Å². The summed E-state index contributed by atoms with van der Waals surface area (Å²) >= 11 is 0. The van der Waals surface area contributed by atoms with E-state index in [1.807, 2.05) is 12.1 Å². The summed E-state index contributed by atoms with van der Waals surface area (Å²) in [5.74, 6) is 0.538. The van der Waals surface area contributed by atoms with Crippen LogP contribution in [0.1, 0.15) is 49.3 Å². The van der Waals surface area contributed by atoms with E-state index in [0.29, 0.717) is 23.6 Å². The van der Waals surface area contributed by atoms with E-state index < -0.39 is 0 Å². The first-order chi connectivity index (χ1) is 16.4. The van der Waals surface area contributed by atoms with Crippen molar-refractivity contribution in [2.45, 2.75) is 38.1 Å². The van der Waals surface area contributed by atoms with Crippen molar-refractivity contribution in [2.75, 3.05) is 27.8 Å². The van der Waals surface area contributed by atoms with Crippen molar-refractivity contribution in [3.63, 3.8) is 0 Å². The van der Waals surface area contributed by atoms with E-state index in [-0.39, 0.29) is 36.1 Å². The zero-order chi connectivity index (χ0) is 24.2. The van der Waals surface area contributed by atoms with Crippen LogP contribution in [0.15, 0.2) is 47.6 Å². The number of halogens is 1. The second-order valence-corrected chi connectivity index (χ2v) is 8.80.